The Hall–Kier alpha value is -1.81. The zero-order valence-electron chi connectivity index (χ0n) is 9.58. The van der Waals surface area contributed by atoms with Crippen LogP contribution in [0.1, 0.15) is 16.8 Å². The molecule has 17 heavy (non-hydrogen) atoms. The summed E-state index contributed by atoms with van der Waals surface area (Å²) in [6, 6.07) is 5.77. The molecule has 2 aromatic rings. The minimum Gasteiger partial charge on any atom is -0.480 e. The standard InChI is InChI=1S/C13H14N2O2/c1-7-2-3-10-8(4-7)9-5-11(13(16)17)14-6-12(9)15-10/h2-4,11,14-15H,5-6H2,1H3,(H,16,17). The Bertz CT molecular complexity index is 601. The molecule has 0 fully saturated rings. The summed E-state index contributed by atoms with van der Waals surface area (Å²) in [4.78, 5) is 14.4. The van der Waals surface area contributed by atoms with Crippen molar-refractivity contribution >= 4 is 16.9 Å². The number of aromatic amines is 1. The van der Waals surface area contributed by atoms with E-state index >= 15 is 0 Å². The summed E-state index contributed by atoms with van der Waals surface area (Å²) in [6.07, 6.45) is 0.550. The van der Waals surface area contributed by atoms with Gasteiger partial charge in [0.25, 0.3) is 0 Å². The van der Waals surface area contributed by atoms with Crippen molar-refractivity contribution in [2.24, 2.45) is 0 Å². The number of hydrogen-bond donors (Lipinski definition) is 3. The van der Waals surface area contributed by atoms with Gasteiger partial charge in [-0.3, -0.25) is 10.1 Å². The lowest BCUT2D eigenvalue weighted by Crippen LogP contribution is -2.41. The number of aliphatic carboxylic acids is 1. The molecule has 3 rings (SSSR count). The highest BCUT2D eigenvalue weighted by atomic mass is 16.4. The highest BCUT2D eigenvalue weighted by Crippen LogP contribution is 2.27. The van der Waals surface area contributed by atoms with Crippen LogP contribution in [0.15, 0.2) is 18.2 Å². The number of carboxylic acid groups (broad SMARTS) is 1. The molecule has 1 atom stereocenters. The van der Waals surface area contributed by atoms with Crippen molar-refractivity contribution in [1.29, 1.82) is 0 Å². The van der Waals surface area contributed by atoms with Crippen LogP contribution in [0.4, 0.5) is 0 Å². The summed E-state index contributed by atoms with van der Waals surface area (Å²) in [5.41, 5.74) is 4.55. The minimum absolute atomic E-state index is 0.470. The van der Waals surface area contributed by atoms with Crippen LogP contribution < -0.4 is 5.32 Å². The van der Waals surface area contributed by atoms with Gasteiger partial charge in [0.15, 0.2) is 0 Å². The quantitative estimate of drug-likeness (QED) is 0.696. The summed E-state index contributed by atoms with van der Waals surface area (Å²) in [7, 11) is 0. The molecule has 0 spiro atoms. The molecule has 3 N–H and O–H groups in total. The SMILES string of the molecule is Cc1ccc2[nH]c3c(c2c1)CC(C(=O)O)NC3. The molecule has 0 bridgehead atoms. The van der Waals surface area contributed by atoms with Crippen LogP contribution in [0.2, 0.25) is 0 Å². The van der Waals surface area contributed by atoms with E-state index in [4.69, 9.17) is 5.11 Å². The third-order valence-corrected chi connectivity index (χ3v) is 3.38. The van der Waals surface area contributed by atoms with E-state index in [1.807, 2.05) is 0 Å². The fraction of sp³-hybridized carbons (Fsp3) is 0.308. The number of hydrogen-bond acceptors (Lipinski definition) is 2. The van der Waals surface area contributed by atoms with Crippen LogP contribution in [0, 0.1) is 6.92 Å². The molecule has 4 heteroatoms. The summed E-state index contributed by atoms with van der Waals surface area (Å²) >= 11 is 0. The van der Waals surface area contributed by atoms with E-state index in [1.165, 1.54) is 5.56 Å². The molecule has 0 amide bonds. The van der Waals surface area contributed by atoms with Crippen molar-refractivity contribution < 1.29 is 9.90 Å². The molecule has 2 heterocycles. The zero-order valence-corrected chi connectivity index (χ0v) is 9.58. The van der Waals surface area contributed by atoms with Gasteiger partial charge in [0, 0.05) is 29.6 Å². The Morgan fingerprint density at radius 3 is 3.06 bits per heavy atom. The Labute approximate surface area is 98.6 Å². The lowest BCUT2D eigenvalue weighted by atomic mass is 9.98. The van der Waals surface area contributed by atoms with Crippen molar-refractivity contribution in [3.63, 3.8) is 0 Å². The fourth-order valence-electron chi connectivity index (χ4n) is 2.48. The van der Waals surface area contributed by atoms with E-state index in [2.05, 4.69) is 35.4 Å². The second-order valence-electron chi connectivity index (χ2n) is 4.61. The van der Waals surface area contributed by atoms with Gasteiger partial charge in [-0.05, 0) is 24.6 Å². The van der Waals surface area contributed by atoms with Crippen molar-refractivity contribution in [3.8, 4) is 0 Å². The monoisotopic (exact) mass is 230 g/mol. The third kappa shape index (κ3) is 1.61. The Kier molecular flexibility index (Phi) is 2.19. The number of aromatic nitrogens is 1. The largest absolute Gasteiger partial charge is 0.480 e. The van der Waals surface area contributed by atoms with Crippen LogP contribution in [-0.4, -0.2) is 22.1 Å². The molecule has 1 aromatic heterocycles. The van der Waals surface area contributed by atoms with E-state index in [-0.39, 0.29) is 0 Å². The van der Waals surface area contributed by atoms with Crippen molar-refractivity contribution in [2.75, 3.05) is 0 Å². The van der Waals surface area contributed by atoms with Gasteiger partial charge in [-0.15, -0.1) is 0 Å². The summed E-state index contributed by atoms with van der Waals surface area (Å²) in [5, 5.41) is 13.2. The first kappa shape index (κ1) is 10.4. The number of benzene rings is 1. The molecule has 0 aliphatic carbocycles. The van der Waals surface area contributed by atoms with E-state index < -0.39 is 12.0 Å². The molecule has 0 saturated carbocycles. The normalized spacial score (nSPS) is 19.2. The average molecular weight is 230 g/mol. The molecule has 4 nitrogen and oxygen atoms in total. The van der Waals surface area contributed by atoms with Gasteiger partial charge in [0.1, 0.15) is 6.04 Å². The van der Waals surface area contributed by atoms with Crippen molar-refractivity contribution in [3.05, 3.63) is 35.0 Å². The second kappa shape index (κ2) is 3.60. The van der Waals surface area contributed by atoms with Gasteiger partial charge >= 0.3 is 5.97 Å². The van der Waals surface area contributed by atoms with E-state index in [0.29, 0.717) is 13.0 Å². The summed E-state index contributed by atoms with van der Waals surface area (Å²) < 4.78 is 0. The molecular weight excluding hydrogens is 216 g/mol. The highest BCUT2D eigenvalue weighted by molar-refractivity contribution is 5.87. The number of carboxylic acids is 1. The number of carbonyl (C=O) groups is 1. The maximum atomic E-state index is 11.0. The van der Waals surface area contributed by atoms with Gasteiger partial charge < -0.3 is 10.1 Å². The van der Waals surface area contributed by atoms with Crippen LogP contribution >= 0.6 is 0 Å². The maximum absolute atomic E-state index is 11.0. The van der Waals surface area contributed by atoms with E-state index in [9.17, 15) is 4.79 Å². The van der Waals surface area contributed by atoms with Crippen molar-refractivity contribution in [1.82, 2.24) is 10.3 Å². The maximum Gasteiger partial charge on any atom is 0.321 e. The molecular formula is C13H14N2O2. The molecule has 0 saturated heterocycles. The molecule has 1 unspecified atom stereocenters. The fourth-order valence-corrected chi connectivity index (χ4v) is 2.48. The number of nitrogens with one attached hydrogen (secondary N) is 2. The molecule has 1 aliphatic heterocycles. The van der Waals surface area contributed by atoms with Gasteiger partial charge in [-0.1, -0.05) is 11.6 Å². The number of fused-ring (bicyclic) bond motifs is 3. The molecule has 1 aromatic carbocycles. The molecule has 88 valence electrons. The van der Waals surface area contributed by atoms with Crippen LogP contribution in [0.5, 0.6) is 0 Å². The summed E-state index contributed by atoms with van der Waals surface area (Å²) in [5.74, 6) is -0.780. The highest BCUT2D eigenvalue weighted by Gasteiger charge is 2.26. The molecule has 0 radical (unpaired) electrons. The lowest BCUT2D eigenvalue weighted by molar-refractivity contribution is -0.139. The number of rotatable bonds is 1. The first-order chi connectivity index (χ1) is 8.15. The predicted octanol–water partition coefficient (Wildman–Crippen LogP) is 1.58. The third-order valence-electron chi connectivity index (χ3n) is 3.38. The van der Waals surface area contributed by atoms with Gasteiger partial charge in [0.2, 0.25) is 0 Å². The first-order valence-electron chi connectivity index (χ1n) is 5.71. The predicted molar refractivity (Wildman–Crippen MR) is 65.0 cm³/mol. The molecule has 1 aliphatic rings. The number of aryl methyl sites for hydroxylation is 1. The van der Waals surface area contributed by atoms with Crippen LogP contribution in [-0.2, 0) is 17.8 Å². The van der Waals surface area contributed by atoms with Gasteiger partial charge in [0.05, 0.1) is 0 Å². The summed E-state index contributed by atoms with van der Waals surface area (Å²) in [6.45, 7) is 2.65. The lowest BCUT2D eigenvalue weighted by Gasteiger charge is -2.20. The Morgan fingerprint density at radius 1 is 1.47 bits per heavy atom. The Balaban J connectivity index is 2.13. The van der Waals surface area contributed by atoms with Gasteiger partial charge in [-0.25, -0.2) is 0 Å². The average Bonchev–Trinajstić information content (AvgIpc) is 2.66. The zero-order chi connectivity index (χ0) is 12.0. The van der Waals surface area contributed by atoms with E-state index in [1.54, 1.807) is 0 Å². The Morgan fingerprint density at radius 2 is 2.29 bits per heavy atom. The van der Waals surface area contributed by atoms with E-state index in [0.717, 1.165) is 22.2 Å². The first-order valence-corrected chi connectivity index (χ1v) is 5.71. The van der Waals surface area contributed by atoms with Crippen LogP contribution in [0.25, 0.3) is 10.9 Å². The topological polar surface area (TPSA) is 65.1 Å². The second-order valence-corrected chi connectivity index (χ2v) is 4.61. The van der Waals surface area contributed by atoms with Gasteiger partial charge in [-0.2, -0.15) is 0 Å². The minimum atomic E-state index is -0.780. The number of H-pyrrole nitrogens is 1. The van der Waals surface area contributed by atoms with Crippen molar-refractivity contribution in [2.45, 2.75) is 25.9 Å². The van der Waals surface area contributed by atoms with Crippen LogP contribution in [0.3, 0.4) is 0 Å². The smallest absolute Gasteiger partial charge is 0.321 e.